The van der Waals surface area contributed by atoms with Crippen molar-refractivity contribution < 1.29 is 71.3 Å². The Hall–Kier alpha value is -8.86. The maximum Gasteiger partial charge on any atom is 0.343 e. The summed E-state index contributed by atoms with van der Waals surface area (Å²) in [5, 5.41) is 8.64. The largest absolute Gasteiger partial charge is 0.489 e. The first-order valence-corrected chi connectivity index (χ1v) is 27.9. The highest BCUT2D eigenvalue weighted by molar-refractivity contribution is 5.91. The molecule has 0 unspecified atom stereocenters. The molecule has 0 aromatic heterocycles. The van der Waals surface area contributed by atoms with Gasteiger partial charge in [-0.05, 0) is 185 Å². The monoisotopic (exact) mass is 1230 g/mol. The van der Waals surface area contributed by atoms with Gasteiger partial charge in [0.1, 0.15) is 58.7 Å². The van der Waals surface area contributed by atoms with E-state index in [1.807, 2.05) is 0 Å². The van der Waals surface area contributed by atoms with Crippen molar-refractivity contribution in [2.24, 2.45) is 32.7 Å². The number of ether oxygens (including phenoxy) is 2. The van der Waals surface area contributed by atoms with Gasteiger partial charge in [0.15, 0.2) is 34.9 Å². The van der Waals surface area contributed by atoms with Crippen LogP contribution in [0.2, 0.25) is 0 Å². The van der Waals surface area contributed by atoms with Gasteiger partial charge in [-0.3, -0.25) is 15.0 Å². The topological polar surface area (TPSA) is 96.4 Å². The Bertz CT molecular complexity index is 3380. The van der Waals surface area contributed by atoms with Crippen LogP contribution >= 0.6 is 0 Å². The van der Waals surface area contributed by atoms with Crippen LogP contribution in [0.15, 0.2) is 156 Å². The molecule has 20 heteroatoms. The van der Waals surface area contributed by atoms with Crippen LogP contribution in [0, 0.1) is 81.4 Å². The molecule has 0 spiro atoms. The smallest absolute Gasteiger partial charge is 0.343 e. The highest BCUT2D eigenvalue weighted by Gasteiger charge is 2.25. The van der Waals surface area contributed by atoms with Crippen molar-refractivity contribution in [3.05, 3.63) is 221 Å². The fourth-order valence-corrected chi connectivity index (χ4v) is 10.1. The Balaban J connectivity index is 0.000000214. The van der Waals surface area contributed by atoms with Crippen LogP contribution in [-0.4, -0.2) is 32.7 Å². The SMILES string of the molecule is C=Nc1c(F)cc(C2CCC(/C=C/F)CC2)cc1F.C=Nc1c(F)cc(CCC2CCC(CC/C=C/F)CC2)cc1F.C=Nc1c(F)cc(OC(=O)c2ccc(CC/C=C/F)cc2)cc1F.N#Cc1ccc(-c2c(F)cc(OC/C=C/F)cc2F)cc1F. The van der Waals surface area contributed by atoms with E-state index in [4.69, 9.17) is 14.7 Å². The van der Waals surface area contributed by atoms with Gasteiger partial charge in [0.25, 0.3) is 0 Å². The zero-order chi connectivity index (χ0) is 64.1. The summed E-state index contributed by atoms with van der Waals surface area (Å²) in [5.74, 6) is -6.79. The fraction of sp³-hybridized carbons (Fsp3) is 0.279. The summed E-state index contributed by atoms with van der Waals surface area (Å²) in [7, 11) is 0. The van der Waals surface area contributed by atoms with Crippen LogP contribution in [0.3, 0.4) is 0 Å². The summed E-state index contributed by atoms with van der Waals surface area (Å²) < 4.78 is 181. The highest BCUT2D eigenvalue weighted by Crippen LogP contribution is 2.39. The number of aliphatic imine (C=N–C) groups is 3. The average molecular weight is 1230 g/mol. The van der Waals surface area contributed by atoms with Crippen molar-refractivity contribution in [1.29, 1.82) is 5.26 Å². The van der Waals surface area contributed by atoms with Crippen LogP contribution in [0.1, 0.15) is 116 Å². The molecule has 0 atom stereocenters. The molecule has 0 bridgehead atoms. The predicted octanol–water partition coefficient (Wildman–Crippen LogP) is 20.8. The molecule has 88 heavy (non-hydrogen) atoms. The summed E-state index contributed by atoms with van der Waals surface area (Å²) in [6, 6.07) is 20.3. The van der Waals surface area contributed by atoms with Crippen LogP contribution in [-0.2, 0) is 12.8 Å². The van der Waals surface area contributed by atoms with Gasteiger partial charge in [-0.1, -0.05) is 62.1 Å². The zero-order valence-electron chi connectivity index (χ0n) is 47.7. The minimum absolute atomic E-state index is 0.0401. The minimum Gasteiger partial charge on any atom is -0.489 e. The van der Waals surface area contributed by atoms with E-state index in [-0.39, 0.29) is 64.3 Å². The van der Waals surface area contributed by atoms with E-state index < -0.39 is 69.6 Å². The van der Waals surface area contributed by atoms with E-state index in [1.165, 1.54) is 61.4 Å². The van der Waals surface area contributed by atoms with Crippen molar-refractivity contribution in [3.63, 3.8) is 0 Å². The van der Waals surface area contributed by atoms with Crippen molar-refractivity contribution in [1.82, 2.24) is 0 Å². The number of halogens is 13. The molecule has 0 saturated heterocycles. The summed E-state index contributed by atoms with van der Waals surface area (Å²) >= 11 is 0. The number of rotatable bonds is 20. The number of hydrogen-bond acceptors (Lipinski definition) is 7. The molecule has 7 nitrogen and oxygen atoms in total. The normalized spacial score (nSPS) is 16.4. The van der Waals surface area contributed by atoms with E-state index in [1.54, 1.807) is 30.4 Å². The van der Waals surface area contributed by atoms with Gasteiger partial charge in [0.05, 0.1) is 42.0 Å². The molecule has 0 N–H and O–H groups in total. The third-order valence-corrected chi connectivity index (χ3v) is 14.7. The Morgan fingerprint density at radius 3 is 1.52 bits per heavy atom. The molecule has 2 aliphatic carbocycles. The Morgan fingerprint density at radius 2 is 1.02 bits per heavy atom. The second kappa shape index (κ2) is 36.3. The maximum absolute atomic E-state index is 14.0. The van der Waals surface area contributed by atoms with Crippen molar-refractivity contribution in [2.75, 3.05) is 6.61 Å². The molecule has 6 aromatic carbocycles. The second-order valence-electron chi connectivity index (χ2n) is 20.5. The first-order chi connectivity index (χ1) is 42.4. The van der Waals surface area contributed by atoms with Crippen LogP contribution in [0.5, 0.6) is 11.5 Å². The van der Waals surface area contributed by atoms with Gasteiger partial charge >= 0.3 is 5.97 Å². The number of allylic oxidation sites excluding steroid dienone is 3. The summed E-state index contributed by atoms with van der Waals surface area (Å²) in [6.45, 7) is 9.22. The van der Waals surface area contributed by atoms with E-state index in [2.05, 4.69) is 35.1 Å². The molecule has 6 aromatic rings. The standard InChI is InChI=1S/C19H24F3N.C18H14F3NO2.C16H9F4NO.C15H16F3N/c1-23-19-17(21)12-16(13-18(19)22)10-9-15-7-5-14(6-8-15)4-2-3-11-20;1-22-17-15(20)10-14(11-16(17)21)24-18(23)13-7-5-12(6-8-13)4-2-3-9-19;17-4-1-5-22-12-7-14(19)16(15(20)8-12)10-2-3-11(9-21)13(18)6-10;1-19-15-13(17)8-12(9-14(15)18)11-4-2-10(3-5-11)6-7-16/h3,11-15H,1-2,4-10H2;3,5-11H,1-2,4H2;1-4,6-8H,5H2;6-11H,1-5H2/b11-3+;9-3+;4-1+;7-6+. The maximum atomic E-state index is 14.0. The van der Waals surface area contributed by atoms with Crippen molar-refractivity contribution >= 4 is 43.2 Å². The first kappa shape index (κ1) is 69.9. The van der Waals surface area contributed by atoms with Gasteiger partial charge in [-0.15, -0.1) is 0 Å². The van der Waals surface area contributed by atoms with Gasteiger partial charge < -0.3 is 9.47 Å². The van der Waals surface area contributed by atoms with Crippen LogP contribution in [0.4, 0.5) is 74.1 Å². The second-order valence-corrected chi connectivity index (χ2v) is 20.5. The third-order valence-electron chi connectivity index (χ3n) is 14.7. The highest BCUT2D eigenvalue weighted by atomic mass is 19.2. The molecular formula is C68H63F13N4O3. The molecule has 0 amide bonds. The molecule has 0 heterocycles. The quantitative estimate of drug-likeness (QED) is 0.0329. The number of carbonyl (C=O) groups excluding carboxylic acids is 1. The fourth-order valence-electron chi connectivity index (χ4n) is 10.1. The van der Waals surface area contributed by atoms with Crippen LogP contribution < -0.4 is 9.47 Å². The number of hydrogen-bond donors (Lipinski definition) is 0. The average Bonchev–Trinajstić information content (AvgIpc) is 2.13. The lowest BCUT2D eigenvalue weighted by Crippen LogP contribution is -2.15. The lowest BCUT2D eigenvalue weighted by Gasteiger charge is -2.28. The summed E-state index contributed by atoms with van der Waals surface area (Å²) in [6.07, 6.45) is 20.1. The molecule has 0 radical (unpaired) electrons. The molecule has 2 aliphatic rings. The third kappa shape index (κ3) is 21.2. The molecule has 8 rings (SSSR count). The van der Waals surface area contributed by atoms with E-state index in [0.717, 1.165) is 106 Å². The molecule has 464 valence electrons. The molecule has 2 saturated carbocycles. The molecular weight excluding hydrogens is 1170 g/mol. The zero-order valence-corrected chi connectivity index (χ0v) is 47.7. The lowest BCUT2D eigenvalue weighted by molar-refractivity contribution is 0.0734. The number of nitriles is 1. The number of benzene rings is 6. The van der Waals surface area contributed by atoms with Crippen molar-refractivity contribution in [3.8, 4) is 28.7 Å². The van der Waals surface area contributed by atoms with E-state index >= 15 is 0 Å². The first-order valence-electron chi connectivity index (χ1n) is 27.9. The summed E-state index contributed by atoms with van der Waals surface area (Å²) in [5.41, 5.74) is 0.652. The van der Waals surface area contributed by atoms with Gasteiger partial charge in [0, 0.05) is 24.3 Å². The number of carbonyl (C=O) groups is 1. The van der Waals surface area contributed by atoms with Crippen molar-refractivity contribution in [2.45, 2.75) is 95.8 Å². The Morgan fingerprint density at radius 1 is 0.523 bits per heavy atom. The minimum atomic E-state index is -0.968. The molecule has 0 aliphatic heterocycles. The van der Waals surface area contributed by atoms with Gasteiger partial charge in [0.2, 0.25) is 0 Å². The van der Waals surface area contributed by atoms with Gasteiger partial charge in [-0.25, -0.2) is 61.9 Å². The Kier molecular flexibility index (Phi) is 28.9. The lowest BCUT2D eigenvalue weighted by atomic mass is 9.78. The number of esters is 1. The van der Waals surface area contributed by atoms with Crippen LogP contribution in [0.25, 0.3) is 11.1 Å². The molecule has 2 fully saturated rings. The van der Waals surface area contributed by atoms with Gasteiger partial charge in [-0.2, -0.15) is 5.26 Å². The number of nitrogens with zero attached hydrogens (tertiary/aromatic N) is 4. The number of aryl methyl sites for hydroxylation is 2. The van der Waals surface area contributed by atoms with E-state index in [0.29, 0.717) is 61.2 Å². The summed E-state index contributed by atoms with van der Waals surface area (Å²) in [4.78, 5) is 21.9. The van der Waals surface area contributed by atoms with E-state index in [9.17, 15) is 61.9 Å². The predicted molar refractivity (Wildman–Crippen MR) is 317 cm³/mol. The Labute approximate surface area is 502 Å².